The van der Waals surface area contributed by atoms with E-state index in [2.05, 4.69) is 21.0 Å². The predicted octanol–water partition coefficient (Wildman–Crippen LogP) is 1.71. The Balaban J connectivity index is 2.31. The Labute approximate surface area is 103 Å². The molecule has 1 heterocycles. The molecule has 0 aliphatic heterocycles. The van der Waals surface area contributed by atoms with Gasteiger partial charge in [0.05, 0.1) is 0 Å². The van der Waals surface area contributed by atoms with E-state index in [1.807, 2.05) is 42.6 Å². The molecule has 1 aromatic heterocycles. The second kappa shape index (κ2) is 5.06. The molecule has 0 spiro atoms. The number of carbonyl (C=O) groups excluding carboxylic acids is 1. The fraction of sp³-hybridized carbons (Fsp3) is 0.0769. The molecule has 0 unspecified atom stereocenters. The molecule has 0 aliphatic rings. The number of hydrogen-bond acceptors (Lipinski definition) is 2. The van der Waals surface area contributed by atoms with Crippen molar-refractivity contribution in [3.63, 3.8) is 0 Å². The van der Waals surface area contributed by atoms with Crippen LogP contribution >= 0.6 is 0 Å². The first-order valence-electron chi connectivity index (χ1n) is 4.97. The Morgan fingerprint density at radius 2 is 2.00 bits per heavy atom. The number of nitrogens with zero attached hydrogens (tertiary/aromatic N) is 1. The van der Waals surface area contributed by atoms with Crippen molar-refractivity contribution in [3.8, 4) is 0 Å². The van der Waals surface area contributed by atoms with Gasteiger partial charge in [0.2, 0.25) is 0 Å². The number of hydrogen-bond donors (Lipinski definition) is 0. The number of benzene rings is 1. The summed E-state index contributed by atoms with van der Waals surface area (Å²) in [6.45, 7) is 0. The fourth-order valence-electron chi connectivity index (χ4n) is 1.61. The molecule has 0 saturated carbocycles. The van der Waals surface area contributed by atoms with Gasteiger partial charge in [0.15, 0.2) is 0 Å². The summed E-state index contributed by atoms with van der Waals surface area (Å²) in [5.74, 6) is 0. The third-order valence-electron chi connectivity index (χ3n) is 2.37. The van der Waals surface area contributed by atoms with Crippen LogP contribution < -0.4 is 0 Å². The summed E-state index contributed by atoms with van der Waals surface area (Å²) < 4.78 is 0.0481. The molecule has 2 aromatic rings. The summed E-state index contributed by atoms with van der Waals surface area (Å²) in [6, 6.07) is 11.6. The SMILES string of the molecule is O=C([SeH])c1ccccc1Cc1cccnc1. The van der Waals surface area contributed by atoms with Crippen molar-refractivity contribution in [2.75, 3.05) is 0 Å². The Kier molecular flexibility index (Phi) is 3.50. The van der Waals surface area contributed by atoms with Gasteiger partial charge >= 0.3 is 102 Å². The summed E-state index contributed by atoms with van der Waals surface area (Å²) in [4.78, 5) is 15.5. The van der Waals surface area contributed by atoms with Crippen LogP contribution in [-0.2, 0) is 6.42 Å². The zero-order valence-electron chi connectivity index (χ0n) is 8.63. The van der Waals surface area contributed by atoms with Gasteiger partial charge in [-0.3, -0.25) is 0 Å². The summed E-state index contributed by atoms with van der Waals surface area (Å²) >= 11 is 2.06. The second-order valence-electron chi connectivity index (χ2n) is 3.50. The maximum absolute atomic E-state index is 11.4. The molecule has 16 heavy (non-hydrogen) atoms. The molecule has 0 bridgehead atoms. The number of rotatable bonds is 3. The molecule has 0 radical (unpaired) electrons. The Bertz CT molecular complexity index is 496. The second-order valence-corrected chi connectivity index (χ2v) is 4.35. The van der Waals surface area contributed by atoms with E-state index in [1.54, 1.807) is 6.20 Å². The van der Waals surface area contributed by atoms with E-state index in [-0.39, 0.29) is 4.68 Å². The normalized spacial score (nSPS) is 10.1. The van der Waals surface area contributed by atoms with Gasteiger partial charge in [-0.05, 0) is 0 Å². The molecular weight excluding hydrogens is 265 g/mol. The van der Waals surface area contributed by atoms with Crippen molar-refractivity contribution >= 4 is 20.7 Å². The number of pyridine rings is 1. The molecule has 0 atom stereocenters. The summed E-state index contributed by atoms with van der Waals surface area (Å²) in [5, 5.41) is 0. The van der Waals surface area contributed by atoms with Crippen molar-refractivity contribution in [2.45, 2.75) is 6.42 Å². The van der Waals surface area contributed by atoms with Gasteiger partial charge in [0.1, 0.15) is 0 Å². The van der Waals surface area contributed by atoms with Crippen LogP contribution in [0.2, 0.25) is 0 Å². The molecular formula is C13H11NOSe. The van der Waals surface area contributed by atoms with Gasteiger partial charge in [0.25, 0.3) is 0 Å². The molecule has 3 heteroatoms. The third kappa shape index (κ3) is 2.57. The average Bonchev–Trinajstić information content (AvgIpc) is 2.31. The van der Waals surface area contributed by atoms with Crippen molar-refractivity contribution < 1.29 is 4.79 Å². The summed E-state index contributed by atoms with van der Waals surface area (Å²) in [7, 11) is 0. The Morgan fingerprint density at radius 1 is 1.19 bits per heavy atom. The molecule has 0 saturated heterocycles. The molecule has 0 N–H and O–H groups in total. The Hall–Kier alpha value is -1.44. The van der Waals surface area contributed by atoms with Gasteiger partial charge < -0.3 is 0 Å². The predicted molar refractivity (Wildman–Crippen MR) is 65.0 cm³/mol. The monoisotopic (exact) mass is 277 g/mol. The van der Waals surface area contributed by atoms with Gasteiger partial charge in [0, 0.05) is 0 Å². The van der Waals surface area contributed by atoms with E-state index in [0.717, 1.165) is 23.1 Å². The van der Waals surface area contributed by atoms with Crippen molar-refractivity contribution in [1.82, 2.24) is 4.98 Å². The molecule has 0 amide bonds. The number of carbonyl (C=O) groups is 1. The van der Waals surface area contributed by atoms with E-state index >= 15 is 0 Å². The van der Waals surface area contributed by atoms with Crippen LogP contribution in [0.1, 0.15) is 21.5 Å². The fourth-order valence-corrected chi connectivity index (χ4v) is 2.06. The Morgan fingerprint density at radius 3 is 2.69 bits per heavy atom. The van der Waals surface area contributed by atoms with E-state index in [4.69, 9.17) is 0 Å². The van der Waals surface area contributed by atoms with Crippen LogP contribution in [0.25, 0.3) is 0 Å². The summed E-state index contributed by atoms with van der Waals surface area (Å²) in [6.07, 6.45) is 4.32. The molecule has 0 aliphatic carbocycles. The minimum atomic E-state index is 0.0481. The van der Waals surface area contributed by atoms with Gasteiger partial charge in [-0.15, -0.1) is 0 Å². The first-order chi connectivity index (χ1) is 7.77. The average molecular weight is 276 g/mol. The van der Waals surface area contributed by atoms with E-state index in [0.29, 0.717) is 0 Å². The topological polar surface area (TPSA) is 30.0 Å². The van der Waals surface area contributed by atoms with Crippen molar-refractivity contribution in [1.29, 1.82) is 0 Å². The van der Waals surface area contributed by atoms with Crippen LogP contribution in [0, 0.1) is 0 Å². The third-order valence-corrected chi connectivity index (χ3v) is 2.87. The van der Waals surface area contributed by atoms with Crippen molar-refractivity contribution in [3.05, 3.63) is 65.5 Å². The quantitative estimate of drug-likeness (QED) is 0.799. The van der Waals surface area contributed by atoms with Crippen LogP contribution in [0.4, 0.5) is 0 Å². The van der Waals surface area contributed by atoms with Gasteiger partial charge in [-0.2, -0.15) is 0 Å². The maximum atomic E-state index is 11.4. The van der Waals surface area contributed by atoms with Gasteiger partial charge in [-0.25, -0.2) is 0 Å². The van der Waals surface area contributed by atoms with Crippen LogP contribution in [0.5, 0.6) is 0 Å². The van der Waals surface area contributed by atoms with Crippen LogP contribution in [0.3, 0.4) is 0 Å². The first kappa shape index (κ1) is 11.1. The van der Waals surface area contributed by atoms with Crippen molar-refractivity contribution in [2.24, 2.45) is 0 Å². The van der Waals surface area contributed by atoms with E-state index in [9.17, 15) is 4.79 Å². The van der Waals surface area contributed by atoms with Gasteiger partial charge in [-0.1, -0.05) is 0 Å². The zero-order chi connectivity index (χ0) is 11.4. The summed E-state index contributed by atoms with van der Waals surface area (Å²) in [5.41, 5.74) is 2.93. The molecule has 2 rings (SSSR count). The molecule has 80 valence electrons. The minimum absolute atomic E-state index is 0.0481. The first-order valence-corrected chi connectivity index (χ1v) is 5.91. The number of aromatic nitrogens is 1. The molecule has 0 fully saturated rings. The van der Waals surface area contributed by atoms with E-state index < -0.39 is 0 Å². The van der Waals surface area contributed by atoms with Crippen LogP contribution in [-0.4, -0.2) is 25.7 Å². The molecule has 2 nitrogen and oxygen atoms in total. The van der Waals surface area contributed by atoms with Crippen LogP contribution in [0.15, 0.2) is 48.8 Å². The molecule has 1 aromatic carbocycles. The zero-order valence-corrected chi connectivity index (χ0v) is 10.5. The van der Waals surface area contributed by atoms with E-state index in [1.165, 1.54) is 0 Å². The standard InChI is InChI=1S/C13H11NOSe/c15-13(16)12-6-2-1-5-11(12)8-10-4-3-7-14-9-10/h1-7,9H,8H2,(H,15,16).